The quantitative estimate of drug-likeness (QED) is 0.327. The highest BCUT2D eigenvalue weighted by Gasteiger charge is 2.36. The van der Waals surface area contributed by atoms with Crippen LogP contribution in [-0.4, -0.2) is 33.7 Å². The van der Waals surface area contributed by atoms with Gasteiger partial charge in [-0.25, -0.2) is 0 Å². The van der Waals surface area contributed by atoms with Crippen LogP contribution in [0.5, 0.6) is 5.75 Å². The van der Waals surface area contributed by atoms with Crippen LogP contribution in [-0.2, 0) is 16.2 Å². The van der Waals surface area contributed by atoms with Crippen molar-refractivity contribution in [2.45, 2.75) is 6.61 Å². The van der Waals surface area contributed by atoms with Gasteiger partial charge in [0.25, 0.3) is 11.1 Å². The molecule has 3 rings (SSSR count). The lowest BCUT2D eigenvalue weighted by Gasteiger charge is -2.12. The lowest BCUT2D eigenvalue weighted by molar-refractivity contribution is -0.140. The van der Waals surface area contributed by atoms with Gasteiger partial charge < -0.3 is 9.84 Å². The van der Waals surface area contributed by atoms with Crippen molar-refractivity contribution in [2.24, 2.45) is 0 Å². The van der Waals surface area contributed by atoms with Gasteiger partial charge in [-0.15, -0.1) is 0 Å². The largest absolute Gasteiger partial charge is 0.487 e. The normalized spacial score (nSPS) is 15.3. The Labute approximate surface area is 201 Å². The summed E-state index contributed by atoms with van der Waals surface area (Å²) < 4.78 is 8.39. The average Bonchev–Trinajstić information content (AvgIpc) is 2.89. The van der Waals surface area contributed by atoms with Crippen LogP contribution in [0, 0.1) is 3.57 Å². The maximum Gasteiger partial charge on any atom is 0.323 e. The molecule has 2 amide bonds. The van der Waals surface area contributed by atoms with Crippen molar-refractivity contribution >= 4 is 89.4 Å². The van der Waals surface area contributed by atoms with Gasteiger partial charge in [0.15, 0.2) is 0 Å². The first-order valence-corrected chi connectivity index (χ1v) is 11.6. The highest BCUT2D eigenvalue weighted by molar-refractivity contribution is 14.1. The molecule has 29 heavy (non-hydrogen) atoms. The van der Waals surface area contributed by atoms with Crippen LogP contribution in [0.4, 0.5) is 4.79 Å². The molecular formula is C19H12Br2INO5S. The Morgan fingerprint density at radius 3 is 2.38 bits per heavy atom. The predicted octanol–water partition coefficient (Wildman–Crippen LogP) is 5.52. The molecule has 2 aromatic carbocycles. The molecule has 0 unspecified atom stereocenters. The Morgan fingerprint density at radius 2 is 1.79 bits per heavy atom. The number of carbonyl (C=O) groups excluding carboxylic acids is 2. The fourth-order valence-electron chi connectivity index (χ4n) is 2.46. The number of carboxylic acid groups (broad SMARTS) is 1. The van der Waals surface area contributed by atoms with Gasteiger partial charge in [-0.3, -0.25) is 19.3 Å². The molecule has 1 aliphatic rings. The number of carbonyl (C=O) groups is 3. The van der Waals surface area contributed by atoms with Gasteiger partial charge in [0, 0.05) is 3.57 Å². The van der Waals surface area contributed by atoms with Crippen LogP contribution in [0.25, 0.3) is 6.08 Å². The van der Waals surface area contributed by atoms with E-state index in [-0.39, 0.29) is 4.91 Å². The fourth-order valence-corrected chi connectivity index (χ4v) is 5.11. The third-order valence-electron chi connectivity index (χ3n) is 3.78. The molecule has 1 saturated heterocycles. The topological polar surface area (TPSA) is 83.9 Å². The van der Waals surface area contributed by atoms with Gasteiger partial charge in [0.2, 0.25) is 0 Å². The first-order valence-electron chi connectivity index (χ1n) is 8.08. The maximum atomic E-state index is 12.3. The number of rotatable bonds is 6. The van der Waals surface area contributed by atoms with E-state index in [1.54, 1.807) is 18.2 Å². The van der Waals surface area contributed by atoms with Crippen LogP contribution >= 0.6 is 66.2 Å². The lowest BCUT2D eigenvalue weighted by Crippen LogP contribution is -2.33. The van der Waals surface area contributed by atoms with Crippen molar-refractivity contribution in [1.82, 2.24) is 4.90 Å². The summed E-state index contributed by atoms with van der Waals surface area (Å²) in [6.07, 6.45) is 1.55. The number of thioether (sulfide) groups is 1. The van der Waals surface area contributed by atoms with Crippen LogP contribution in [0.15, 0.2) is 50.2 Å². The van der Waals surface area contributed by atoms with Gasteiger partial charge in [0.05, 0.1) is 13.9 Å². The molecule has 0 saturated carbocycles. The number of hydrogen-bond donors (Lipinski definition) is 1. The molecule has 0 radical (unpaired) electrons. The number of ether oxygens (including phenoxy) is 1. The molecule has 0 atom stereocenters. The van der Waals surface area contributed by atoms with E-state index >= 15 is 0 Å². The summed E-state index contributed by atoms with van der Waals surface area (Å²) in [6, 6.07) is 11.5. The van der Waals surface area contributed by atoms with Gasteiger partial charge in [-0.2, -0.15) is 0 Å². The summed E-state index contributed by atoms with van der Waals surface area (Å²) in [5.74, 6) is -1.25. The minimum Gasteiger partial charge on any atom is -0.487 e. The van der Waals surface area contributed by atoms with Gasteiger partial charge in [-0.1, -0.05) is 12.1 Å². The monoisotopic (exact) mass is 651 g/mol. The van der Waals surface area contributed by atoms with Crippen molar-refractivity contribution in [3.05, 3.63) is 64.9 Å². The Morgan fingerprint density at radius 1 is 1.17 bits per heavy atom. The molecular weight excluding hydrogens is 641 g/mol. The third-order valence-corrected chi connectivity index (χ3v) is 6.59. The molecule has 0 aliphatic carbocycles. The second kappa shape index (κ2) is 9.63. The first-order chi connectivity index (χ1) is 13.7. The molecule has 1 heterocycles. The summed E-state index contributed by atoms with van der Waals surface area (Å²) in [6.45, 7) is -0.262. The Kier molecular flexibility index (Phi) is 7.41. The minimum absolute atomic E-state index is 0.169. The van der Waals surface area contributed by atoms with Crippen LogP contribution in [0.1, 0.15) is 11.1 Å². The van der Waals surface area contributed by atoms with Gasteiger partial charge in [-0.05, 0) is 108 Å². The van der Waals surface area contributed by atoms with E-state index in [4.69, 9.17) is 9.84 Å². The van der Waals surface area contributed by atoms with Crippen LogP contribution in [0.2, 0.25) is 0 Å². The van der Waals surface area contributed by atoms with E-state index in [0.717, 1.165) is 9.13 Å². The van der Waals surface area contributed by atoms with Crippen molar-refractivity contribution in [1.29, 1.82) is 0 Å². The van der Waals surface area contributed by atoms with E-state index in [9.17, 15) is 14.4 Å². The third kappa shape index (κ3) is 5.62. The van der Waals surface area contributed by atoms with Crippen molar-refractivity contribution in [2.75, 3.05) is 6.54 Å². The lowest BCUT2D eigenvalue weighted by atomic mass is 10.2. The number of benzene rings is 2. The zero-order valence-electron chi connectivity index (χ0n) is 14.5. The zero-order valence-corrected chi connectivity index (χ0v) is 20.7. The summed E-state index contributed by atoms with van der Waals surface area (Å²) in [5, 5.41) is 8.24. The fraction of sp³-hybridized carbons (Fsp3) is 0.105. The number of aliphatic carboxylic acids is 1. The molecule has 1 N–H and O–H groups in total. The van der Waals surface area contributed by atoms with E-state index < -0.39 is 23.7 Å². The van der Waals surface area contributed by atoms with E-state index in [1.165, 1.54) is 0 Å². The Hall–Kier alpha value is -1.37. The summed E-state index contributed by atoms with van der Waals surface area (Å²) in [7, 11) is 0. The highest BCUT2D eigenvalue weighted by atomic mass is 127. The van der Waals surface area contributed by atoms with E-state index in [2.05, 4.69) is 54.5 Å². The molecule has 6 nitrogen and oxygen atoms in total. The number of nitrogens with zero attached hydrogens (tertiary/aromatic N) is 1. The average molecular weight is 653 g/mol. The molecule has 0 bridgehead atoms. The molecule has 10 heteroatoms. The summed E-state index contributed by atoms with van der Waals surface area (Å²) in [4.78, 5) is 35.9. The first kappa shape index (κ1) is 22.3. The number of amides is 2. The van der Waals surface area contributed by atoms with E-state index in [0.29, 0.717) is 43.5 Å². The maximum absolute atomic E-state index is 12.3. The van der Waals surface area contributed by atoms with Gasteiger partial charge >= 0.3 is 5.97 Å². The van der Waals surface area contributed by atoms with Crippen LogP contribution in [0.3, 0.4) is 0 Å². The minimum atomic E-state index is -1.24. The van der Waals surface area contributed by atoms with Gasteiger partial charge in [0.1, 0.15) is 18.9 Å². The Bertz CT molecular complexity index is 1000. The number of imide groups is 1. The number of hydrogen-bond acceptors (Lipinski definition) is 5. The zero-order chi connectivity index (χ0) is 21.1. The number of halogens is 3. The molecule has 0 spiro atoms. The molecule has 1 aliphatic heterocycles. The SMILES string of the molecule is O=C(O)CN1C(=O)S/C(=C/c2cc(Br)c(OCc3ccc(I)cc3)c(Br)c2)C1=O. The standard InChI is InChI=1S/C19H12Br2INO5S/c20-13-5-11(7-15-18(26)23(8-16(24)25)19(27)29-15)6-14(21)17(13)28-9-10-1-3-12(22)4-2-10/h1-7H,8-9H2,(H,24,25)/b15-7+. The summed E-state index contributed by atoms with van der Waals surface area (Å²) in [5.41, 5.74) is 1.69. The molecule has 1 fully saturated rings. The molecule has 150 valence electrons. The van der Waals surface area contributed by atoms with Crippen molar-refractivity contribution in [3.8, 4) is 5.75 Å². The van der Waals surface area contributed by atoms with Crippen LogP contribution < -0.4 is 4.74 Å². The van der Waals surface area contributed by atoms with Crippen molar-refractivity contribution in [3.63, 3.8) is 0 Å². The second-order valence-electron chi connectivity index (χ2n) is 5.89. The number of carboxylic acids is 1. The molecule has 2 aromatic rings. The Balaban J connectivity index is 1.77. The highest BCUT2D eigenvalue weighted by Crippen LogP contribution is 2.38. The molecule has 0 aromatic heterocycles. The second-order valence-corrected chi connectivity index (χ2v) is 9.84. The van der Waals surface area contributed by atoms with E-state index in [1.807, 2.05) is 24.3 Å². The summed E-state index contributed by atoms with van der Waals surface area (Å²) >= 11 is 9.90. The van der Waals surface area contributed by atoms with Crippen molar-refractivity contribution < 1.29 is 24.2 Å². The smallest absolute Gasteiger partial charge is 0.323 e. The predicted molar refractivity (Wildman–Crippen MR) is 126 cm³/mol.